The topological polar surface area (TPSA) is 35.2 Å². The van der Waals surface area contributed by atoms with Gasteiger partial charge in [-0.25, -0.2) is 0 Å². The van der Waals surface area contributed by atoms with E-state index in [1.165, 1.54) is 6.07 Å². The van der Waals surface area contributed by atoms with Crippen molar-refractivity contribution in [2.45, 2.75) is 12.4 Å². The van der Waals surface area contributed by atoms with Gasteiger partial charge in [0.1, 0.15) is 11.5 Å². The van der Waals surface area contributed by atoms with Crippen molar-refractivity contribution in [1.29, 1.82) is 0 Å². The molecule has 2 N–H and O–H groups in total. The van der Waals surface area contributed by atoms with E-state index in [9.17, 15) is 26.3 Å². The summed E-state index contributed by atoms with van der Waals surface area (Å²) in [5.74, 6) is -1.03. The normalized spacial score (nSPS) is 12.3. The lowest BCUT2D eigenvalue weighted by molar-refractivity contribution is -0.139. The average molecular weight is 321 g/mol. The molecule has 0 fully saturated rings. The summed E-state index contributed by atoms with van der Waals surface area (Å²) in [5, 5.41) is 0. The summed E-state index contributed by atoms with van der Waals surface area (Å²) < 4.78 is 81.4. The molecule has 2 rings (SSSR count). The van der Waals surface area contributed by atoms with E-state index in [0.29, 0.717) is 12.1 Å². The molecule has 0 saturated heterocycles. The van der Waals surface area contributed by atoms with Gasteiger partial charge in [0.05, 0.1) is 11.1 Å². The molecule has 0 atom stereocenters. The Balaban J connectivity index is 2.43. The number of para-hydroxylation sites is 1. The number of alkyl halides is 6. The number of ether oxygens (including phenoxy) is 1. The van der Waals surface area contributed by atoms with Crippen LogP contribution in [0.25, 0.3) is 0 Å². The predicted molar refractivity (Wildman–Crippen MR) is 67.4 cm³/mol. The summed E-state index contributed by atoms with van der Waals surface area (Å²) in [4.78, 5) is 0. The van der Waals surface area contributed by atoms with Crippen LogP contribution in [0.2, 0.25) is 0 Å². The Hall–Kier alpha value is -2.38. The fourth-order valence-electron chi connectivity index (χ4n) is 1.76. The van der Waals surface area contributed by atoms with Crippen molar-refractivity contribution in [2.24, 2.45) is 0 Å². The van der Waals surface area contributed by atoms with Crippen LogP contribution in [0, 0.1) is 0 Å². The Bertz CT molecular complexity index is 678. The minimum Gasteiger partial charge on any atom is -0.457 e. The zero-order chi connectivity index (χ0) is 16.5. The predicted octanol–water partition coefficient (Wildman–Crippen LogP) is 5.10. The van der Waals surface area contributed by atoms with E-state index in [4.69, 9.17) is 10.5 Å². The molecule has 0 amide bonds. The van der Waals surface area contributed by atoms with Crippen molar-refractivity contribution in [3.8, 4) is 11.5 Å². The Labute approximate surface area is 121 Å². The average Bonchev–Trinajstić information content (AvgIpc) is 2.36. The number of benzene rings is 2. The number of nitrogens with two attached hydrogens (primary N) is 1. The molecule has 2 nitrogen and oxygen atoms in total. The molecule has 0 aliphatic heterocycles. The van der Waals surface area contributed by atoms with E-state index in [1.54, 1.807) is 0 Å². The Kier molecular flexibility index (Phi) is 3.95. The SMILES string of the molecule is Nc1cc(Oc2ccccc2C(F)(F)F)cc(C(F)(F)F)c1. The van der Waals surface area contributed by atoms with E-state index in [-0.39, 0.29) is 5.69 Å². The maximum Gasteiger partial charge on any atom is 0.419 e. The van der Waals surface area contributed by atoms with Crippen LogP contribution in [0.15, 0.2) is 42.5 Å². The fourth-order valence-corrected chi connectivity index (χ4v) is 1.76. The van der Waals surface area contributed by atoms with Gasteiger partial charge >= 0.3 is 12.4 Å². The first-order valence-corrected chi connectivity index (χ1v) is 5.89. The molecule has 0 unspecified atom stereocenters. The van der Waals surface area contributed by atoms with Gasteiger partial charge in [0.25, 0.3) is 0 Å². The molecule has 22 heavy (non-hydrogen) atoms. The molecule has 0 aromatic heterocycles. The summed E-state index contributed by atoms with van der Waals surface area (Å²) in [5.41, 5.74) is 2.87. The van der Waals surface area contributed by atoms with E-state index in [1.807, 2.05) is 0 Å². The van der Waals surface area contributed by atoms with Gasteiger partial charge in [-0.15, -0.1) is 0 Å². The third kappa shape index (κ3) is 3.63. The minimum absolute atomic E-state index is 0.269. The van der Waals surface area contributed by atoms with E-state index >= 15 is 0 Å². The molecule has 2 aromatic rings. The molecule has 8 heteroatoms. The van der Waals surface area contributed by atoms with Gasteiger partial charge in [0, 0.05) is 11.8 Å². The summed E-state index contributed by atoms with van der Waals surface area (Å²) in [7, 11) is 0. The number of anilines is 1. The molecular weight excluding hydrogens is 312 g/mol. The van der Waals surface area contributed by atoms with Crippen molar-refractivity contribution in [3.05, 3.63) is 53.6 Å². The lowest BCUT2D eigenvalue weighted by Gasteiger charge is -2.15. The van der Waals surface area contributed by atoms with Gasteiger partial charge in [-0.1, -0.05) is 12.1 Å². The first-order valence-electron chi connectivity index (χ1n) is 5.89. The van der Waals surface area contributed by atoms with E-state index in [0.717, 1.165) is 24.3 Å². The lowest BCUT2D eigenvalue weighted by Crippen LogP contribution is -2.08. The third-order valence-electron chi connectivity index (χ3n) is 2.68. The van der Waals surface area contributed by atoms with Gasteiger partial charge in [-0.2, -0.15) is 26.3 Å². The maximum atomic E-state index is 12.8. The summed E-state index contributed by atoms with van der Waals surface area (Å²) >= 11 is 0. The van der Waals surface area contributed by atoms with Crippen LogP contribution in [-0.2, 0) is 12.4 Å². The van der Waals surface area contributed by atoms with Crippen LogP contribution in [0.5, 0.6) is 11.5 Å². The van der Waals surface area contributed by atoms with Crippen molar-refractivity contribution >= 4 is 5.69 Å². The molecular formula is C14H9F6NO. The number of hydrogen-bond acceptors (Lipinski definition) is 2. The van der Waals surface area contributed by atoms with Crippen molar-refractivity contribution < 1.29 is 31.1 Å². The lowest BCUT2D eigenvalue weighted by atomic mass is 10.1. The molecule has 0 radical (unpaired) electrons. The highest BCUT2D eigenvalue weighted by atomic mass is 19.4. The van der Waals surface area contributed by atoms with Gasteiger partial charge in [0.2, 0.25) is 0 Å². The largest absolute Gasteiger partial charge is 0.457 e. The Morgan fingerprint density at radius 2 is 1.45 bits per heavy atom. The van der Waals surface area contributed by atoms with Crippen LogP contribution < -0.4 is 10.5 Å². The molecule has 0 saturated carbocycles. The van der Waals surface area contributed by atoms with Crippen LogP contribution in [0.4, 0.5) is 32.0 Å². The quantitative estimate of drug-likeness (QED) is 0.617. The second-order valence-electron chi connectivity index (χ2n) is 4.38. The molecule has 0 aliphatic carbocycles. The number of hydrogen-bond donors (Lipinski definition) is 1. The summed E-state index contributed by atoms with van der Waals surface area (Å²) in [6.45, 7) is 0. The maximum absolute atomic E-state index is 12.8. The van der Waals surface area contributed by atoms with Crippen molar-refractivity contribution in [3.63, 3.8) is 0 Å². The number of nitrogen functional groups attached to an aromatic ring is 1. The number of halogens is 6. The zero-order valence-corrected chi connectivity index (χ0v) is 10.8. The second-order valence-corrected chi connectivity index (χ2v) is 4.38. The summed E-state index contributed by atoms with van der Waals surface area (Å²) in [6, 6.07) is 6.48. The van der Waals surface area contributed by atoms with Gasteiger partial charge in [0.15, 0.2) is 0 Å². The standard InChI is InChI=1S/C14H9F6NO/c15-13(16,17)8-5-9(21)7-10(6-8)22-12-4-2-1-3-11(12)14(18,19)20/h1-7H,21H2. The smallest absolute Gasteiger partial charge is 0.419 e. The zero-order valence-electron chi connectivity index (χ0n) is 10.8. The minimum atomic E-state index is -4.69. The van der Waals surface area contributed by atoms with Gasteiger partial charge < -0.3 is 10.5 Å². The molecule has 0 bridgehead atoms. The van der Waals surface area contributed by atoms with Crippen LogP contribution in [0.3, 0.4) is 0 Å². The third-order valence-corrected chi connectivity index (χ3v) is 2.68. The highest BCUT2D eigenvalue weighted by Gasteiger charge is 2.35. The van der Waals surface area contributed by atoms with E-state index in [2.05, 4.69) is 0 Å². The summed E-state index contributed by atoms with van der Waals surface area (Å²) in [6.07, 6.45) is -9.37. The van der Waals surface area contributed by atoms with Crippen molar-refractivity contribution in [2.75, 3.05) is 5.73 Å². The monoisotopic (exact) mass is 321 g/mol. The highest BCUT2D eigenvalue weighted by Crippen LogP contribution is 2.39. The molecule has 0 aliphatic rings. The first-order chi connectivity index (χ1) is 10.1. The molecule has 118 valence electrons. The highest BCUT2D eigenvalue weighted by molar-refractivity contribution is 5.50. The van der Waals surface area contributed by atoms with Gasteiger partial charge in [-0.05, 0) is 24.3 Å². The first kappa shape index (κ1) is 16.0. The molecule has 0 heterocycles. The molecule has 2 aromatic carbocycles. The van der Waals surface area contributed by atoms with E-state index < -0.39 is 35.0 Å². The van der Waals surface area contributed by atoms with Crippen molar-refractivity contribution in [1.82, 2.24) is 0 Å². The van der Waals surface area contributed by atoms with Crippen LogP contribution >= 0.6 is 0 Å². The molecule has 0 spiro atoms. The Morgan fingerprint density at radius 3 is 2.05 bits per heavy atom. The second kappa shape index (κ2) is 5.43. The van der Waals surface area contributed by atoms with Crippen LogP contribution in [0.1, 0.15) is 11.1 Å². The van der Waals surface area contributed by atoms with Crippen LogP contribution in [-0.4, -0.2) is 0 Å². The number of rotatable bonds is 2. The fraction of sp³-hybridized carbons (Fsp3) is 0.143. The Morgan fingerprint density at radius 1 is 0.818 bits per heavy atom. The van der Waals surface area contributed by atoms with Gasteiger partial charge in [-0.3, -0.25) is 0 Å².